The predicted octanol–water partition coefficient (Wildman–Crippen LogP) is 4.66. The molecule has 1 fully saturated rings. The van der Waals surface area contributed by atoms with E-state index in [1.807, 2.05) is 37.4 Å². The van der Waals surface area contributed by atoms with Gasteiger partial charge in [-0.3, -0.25) is 4.79 Å². The predicted molar refractivity (Wildman–Crippen MR) is 127 cm³/mol. The molecular formula is C26H25FN4O2. The Morgan fingerprint density at radius 3 is 2.55 bits per heavy atom. The van der Waals surface area contributed by atoms with E-state index in [1.54, 1.807) is 24.4 Å². The van der Waals surface area contributed by atoms with Gasteiger partial charge in [0.05, 0.1) is 5.69 Å². The Labute approximate surface area is 192 Å². The minimum atomic E-state index is -0.473. The highest BCUT2D eigenvalue weighted by Gasteiger charge is 2.24. The van der Waals surface area contributed by atoms with Crippen LogP contribution in [-0.2, 0) is 4.79 Å². The van der Waals surface area contributed by atoms with Crippen LogP contribution in [0.25, 0.3) is 22.3 Å². The van der Waals surface area contributed by atoms with Gasteiger partial charge in [0.25, 0.3) is 0 Å². The lowest BCUT2D eigenvalue weighted by Crippen LogP contribution is -2.34. The van der Waals surface area contributed by atoms with E-state index in [2.05, 4.69) is 15.2 Å². The number of carbonyl (C=O) groups is 1. The zero-order valence-electron chi connectivity index (χ0n) is 18.4. The number of phenols is 1. The Bertz CT molecular complexity index is 1260. The van der Waals surface area contributed by atoms with E-state index in [-0.39, 0.29) is 17.3 Å². The minimum Gasteiger partial charge on any atom is -0.507 e. The number of halogens is 1. The number of amides is 1. The number of aromatic nitrogens is 1. The van der Waals surface area contributed by atoms with Crippen LogP contribution in [0.1, 0.15) is 19.8 Å². The van der Waals surface area contributed by atoms with Crippen molar-refractivity contribution < 1.29 is 14.3 Å². The Morgan fingerprint density at radius 2 is 1.85 bits per heavy atom. The van der Waals surface area contributed by atoms with Gasteiger partial charge in [0.2, 0.25) is 5.91 Å². The van der Waals surface area contributed by atoms with E-state index < -0.39 is 5.82 Å². The third-order valence-corrected chi connectivity index (χ3v) is 6.12. The molecule has 2 aliphatic rings. The second-order valence-electron chi connectivity index (χ2n) is 8.35. The molecule has 0 saturated carbocycles. The molecule has 1 aromatic heterocycles. The van der Waals surface area contributed by atoms with Crippen molar-refractivity contribution in [2.45, 2.75) is 19.8 Å². The van der Waals surface area contributed by atoms with Crippen LogP contribution in [0.2, 0.25) is 0 Å². The standard InChI is InChI=1S/C26H25FN4O2/c1-17-16-30(13-11-28-17)24-15-19(9-10-29-24)21-5-2-4-20(26(21)33)18-7-8-23(22(27)14-18)31-12-3-6-25(31)32/h2,4-5,7-10,14-16,28,33H,3,6,11-13H2,1H3. The van der Waals surface area contributed by atoms with Gasteiger partial charge >= 0.3 is 0 Å². The van der Waals surface area contributed by atoms with Crippen molar-refractivity contribution in [2.75, 3.05) is 29.4 Å². The van der Waals surface area contributed by atoms with Crippen molar-refractivity contribution in [1.82, 2.24) is 10.3 Å². The van der Waals surface area contributed by atoms with Crippen molar-refractivity contribution in [2.24, 2.45) is 0 Å². The molecule has 0 radical (unpaired) electrons. The van der Waals surface area contributed by atoms with Crippen LogP contribution in [0.4, 0.5) is 15.9 Å². The third kappa shape index (κ3) is 4.02. The van der Waals surface area contributed by atoms with E-state index in [0.29, 0.717) is 29.7 Å². The zero-order valence-corrected chi connectivity index (χ0v) is 18.4. The van der Waals surface area contributed by atoms with Gasteiger partial charge in [-0.25, -0.2) is 9.37 Å². The molecule has 1 amide bonds. The summed E-state index contributed by atoms with van der Waals surface area (Å²) >= 11 is 0. The molecule has 5 rings (SSSR count). The van der Waals surface area contributed by atoms with E-state index in [0.717, 1.165) is 36.6 Å². The molecule has 2 aliphatic heterocycles. The monoisotopic (exact) mass is 444 g/mol. The molecule has 1 saturated heterocycles. The molecule has 33 heavy (non-hydrogen) atoms. The number of para-hydroxylation sites is 1. The molecule has 7 heteroatoms. The normalized spacial score (nSPS) is 16.1. The summed E-state index contributed by atoms with van der Waals surface area (Å²) in [6.45, 7) is 4.17. The van der Waals surface area contributed by atoms with Gasteiger partial charge in [-0.2, -0.15) is 0 Å². The summed E-state index contributed by atoms with van der Waals surface area (Å²) in [4.78, 5) is 20.0. The average molecular weight is 445 g/mol. The number of carbonyl (C=O) groups excluding carboxylic acids is 1. The highest BCUT2D eigenvalue weighted by atomic mass is 19.1. The number of aromatic hydroxyl groups is 1. The lowest BCUT2D eigenvalue weighted by Gasteiger charge is -2.26. The molecule has 0 spiro atoms. The van der Waals surface area contributed by atoms with Gasteiger partial charge in [0, 0.05) is 55.3 Å². The summed E-state index contributed by atoms with van der Waals surface area (Å²) < 4.78 is 14.9. The molecule has 0 aliphatic carbocycles. The topological polar surface area (TPSA) is 68.7 Å². The molecular weight excluding hydrogens is 419 g/mol. The first-order valence-corrected chi connectivity index (χ1v) is 11.1. The van der Waals surface area contributed by atoms with Gasteiger partial charge in [0.15, 0.2) is 0 Å². The van der Waals surface area contributed by atoms with Crippen molar-refractivity contribution in [1.29, 1.82) is 0 Å². The molecule has 6 nitrogen and oxygen atoms in total. The summed E-state index contributed by atoms with van der Waals surface area (Å²) in [5, 5.41) is 14.4. The van der Waals surface area contributed by atoms with Gasteiger partial charge in [-0.05, 0) is 48.7 Å². The van der Waals surface area contributed by atoms with E-state index in [1.165, 1.54) is 11.0 Å². The zero-order chi connectivity index (χ0) is 22.9. The fraction of sp³-hybridized carbons (Fsp3) is 0.231. The summed E-state index contributed by atoms with van der Waals surface area (Å²) in [6.07, 6.45) is 4.92. The van der Waals surface area contributed by atoms with E-state index in [4.69, 9.17) is 0 Å². The molecule has 0 bridgehead atoms. The van der Waals surface area contributed by atoms with Gasteiger partial charge in [-0.15, -0.1) is 0 Å². The molecule has 2 N–H and O–H groups in total. The number of nitrogens with one attached hydrogen (secondary N) is 1. The average Bonchev–Trinajstić information content (AvgIpc) is 3.25. The highest BCUT2D eigenvalue weighted by molar-refractivity contribution is 5.96. The number of phenolic OH excluding ortho intramolecular Hbond substituents is 1. The van der Waals surface area contributed by atoms with Crippen LogP contribution >= 0.6 is 0 Å². The fourth-order valence-corrected chi connectivity index (χ4v) is 4.45. The number of pyridine rings is 1. The van der Waals surface area contributed by atoms with Crippen LogP contribution in [-0.4, -0.2) is 35.6 Å². The highest BCUT2D eigenvalue weighted by Crippen LogP contribution is 2.40. The fourth-order valence-electron chi connectivity index (χ4n) is 4.45. The first-order valence-electron chi connectivity index (χ1n) is 11.1. The summed E-state index contributed by atoms with van der Waals surface area (Å²) in [6, 6.07) is 14.0. The molecule has 2 aromatic carbocycles. The van der Waals surface area contributed by atoms with E-state index in [9.17, 15) is 14.3 Å². The number of nitrogens with zero attached hydrogens (tertiary/aromatic N) is 3. The van der Waals surface area contributed by atoms with Crippen molar-refractivity contribution in [3.8, 4) is 28.0 Å². The first-order chi connectivity index (χ1) is 16.0. The minimum absolute atomic E-state index is 0.0606. The lowest BCUT2D eigenvalue weighted by atomic mass is 9.97. The SMILES string of the molecule is CC1=CN(c2cc(-c3cccc(-c4ccc(N5CCCC5=O)c(F)c4)c3O)ccn2)CCN1. The maximum atomic E-state index is 14.9. The number of allylic oxidation sites excluding steroid dienone is 1. The summed E-state index contributed by atoms with van der Waals surface area (Å²) in [5.41, 5.74) is 3.91. The van der Waals surface area contributed by atoms with Gasteiger partial charge in [-0.1, -0.05) is 24.3 Å². The van der Waals surface area contributed by atoms with Gasteiger partial charge < -0.3 is 20.2 Å². The second-order valence-corrected chi connectivity index (χ2v) is 8.35. The van der Waals surface area contributed by atoms with E-state index >= 15 is 0 Å². The first kappa shape index (κ1) is 21.0. The molecule has 3 aromatic rings. The van der Waals surface area contributed by atoms with Crippen LogP contribution in [0.5, 0.6) is 5.75 Å². The number of rotatable bonds is 4. The Balaban J connectivity index is 1.49. The molecule has 168 valence electrons. The third-order valence-electron chi connectivity index (χ3n) is 6.12. The van der Waals surface area contributed by atoms with Crippen molar-refractivity contribution in [3.63, 3.8) is 0 Å². The second kappa shape index (κ2) is 8.58. The maximum Gasteiger partial charge on any atom is 0.227 e. The summed E-state index contributed by atoms with van der Waals surface area (Å²) in [7, 11) is 0. The number of hydrogen-bond donors (Lipinski definition) is 2. The van der Waals surface area contributed by atoms with Crippen molar-refractivity contribution in [3.05, 3.63) is 72.4 Å². The molecule has 0 atom stereocenters. The lowest BCUT2D eigenvalue weighted by molar-refractivity contribution is -0.117. The van der Waals surface area contributed by atoms with Crippen LogP contribution in [0.3, 0.4) is 0 Å². The van der Waals surface area contributed by atoms with Crippen LogP contribution < -0.4 is 15.1 Å². The molecule has 3 heterocycles. The Hall–Kier alpha value is -3.87. The quantitative estimate of drug-likeness (QED) is 0.613. The largest absolute Gasteiger partial charge is 0.507 e. The maximum absolute atomic E-state index is 14.9. The Kier molecular flexibility index (Phi) is 5.46. The molecule has 0 unspecified atom stereocenters. The number of benzene rings is 2. The van der Waals surface area contributed by atoms with Gasteiger partial charge in [0.1, 0.15) is 17.4 Å². The van der Waals surface area contributed by atoms with Crippen LogP contribution in [0, 0.1) is 5.82 Å². The smallest absolute Gasteiger partial charge is 0.227 e. The van der Waals surface area contributed by atoms with Crippen LogP contribution in [0.15, 0.2) is 66.6 Å². The number of hydrogen-bond acceptors (Lipinski definition) is 5. The summed E-state index contributed by atoms with van der Waals surface area (Å²) in [5.74, 6) is 0.337. The number of anilines is 2. The Morgan fingerprint density at radius 1 is 1.06 bits per heavy atom. The van der Waals surface area contributed by atoms with Crippen molar-refractivity contribution >= 4 is 17.4 Å².